The van der Waals surface area contributed by atoms with Gasteiger partial charge in [0.2, 0.25) is 5.91 Å². The molecule has 0 aromatic carbocycles. The minimum atomic E-state index is -4.77. The summed E-state index contributed by atoms with van der Waals surface area (Å²) in [5, 5.41) is 31.0. The molecule has 0 spiro atoms. The first-order valence-corrected chi connectivity index (χ1v) is 6.42. The highest BCUT2D eigenvalue weighted by atomic mass is 32.3. The van der Waals surface area contributed by atoms with Crippen molar-refractivity contribution in [1.82, 2.24) is 5.32 Å². The summed E-state index contributed by atoms with van der Waals surface area (Å²) in [6.45, 7) is -1.49. The van der Waals surface area contributed by atoms with Gasteiger partial charge < -0.3 is 25.4 Å². The highest BCUT2D eigenvalue weighted by Gasteiger charge is 2.44. The molecule has 1 rings (SSSR count). The lowest BCUT2D eigenvalue weighted by Crippen LogP contribution is -2.64. The van der Waals surface area contributed by atoms with Gasteiger partial charge in [-0.15, -0.1) is 0 Å². The maximum atomic E-state index is 11.0. The molecular weight excluding hydrogens is 286 g/mol. The zero-order chi connectivity index (χ0) is 15.5. The molecule has 0 bridgehead atoms. The first-order chi connectivity index (χ1) is 9.15. The number of hydrogen-bond acceptors (Lipinski definition) is 8. The van der Waals surface area contributed by atoms with Crippen molar-refractivity contribution in [3.05, 3.63) is 0 Å². The van der Waals surface area contributed by atoms with E-state index in [4.69, 9.17) is 10.7 Å². The average Bonchev–Trinajstić information content (AvgIpc) is 2.36. The predicted octanol–water partition coefficient (Wildman–Crippen LogP) is -3.25. The molecule has 1 heterocycles. The van der Waals surface area contributed by atoms with Gasteiger partial charge >= 0.3 is 10.4 Å². The Morgan fingerprint density at radius 3 is 2.58 bits per heavy atom. The zero-order valence-electron chi connectivity index (χ0n) is 10.5. The fourth-order valence-corrected chi connectivity index (χ4v) is 1.88. The Hall–Kier alpha value is -0.820. The van der Waals surface area contributed by atoms with E-state index in [1.54, 1.807) is 0 Å². The van der Waals surface area contributed by atoms with Gasteiger partial charge in [-0.05, 0) is 0 Å². The second-order valence-corrected chi connectivity index (χ2v) is 4.94. The van der Waals surface area contributed by atoms with Crippen molar-refractivity contribution in [3.63, 3.8) is 0 Å². The Morgan fingerprint density at radius 1 is 1.42 bits per heavy atom. The molecule has 0 saturated carbocycles. The largest absolute Gasteiger partial charge is 0.397 e. The van der Waals surface area contributed by atoms with Crippen LogP contribution in [0.15, 0.2) is 0 Å². The van der Waals surface area contributed by atoms with Crippen LogP contribution in [0.1, 0.15) is 8.27 Å². The van der Waals surface area contributed by atoms with Crippen molar-refractivity contribution >= 4 is 16.3 Å². The van der Waals surface area contributed by atoms with Gasteiger partial charge in [0.1, 0.15) is 24.4 Å². The molecular formula is C8H15NO9S. The van der Waals surface area contributed by atoms with Gasteiger partial charge in [-0.2, -0.15) is 8.42 Å². The van der Waals surface area contributed by atoms with E-state index in [9.17, 15) is 28.5 Å². The summed E-state index contributed by atoms with van der Waals surface area (Å²) in [6, 6.07) is -1.38. The normalized spacial score (nSPS) is 36.6. The lowest BCUT2D eigenvalue weighted by molar-refractivity contribution is -0.252. The quantitative estimate of drug-likeness (QED) is 0.335. The molecule has 5 N–H and O–H groups in total. The van der Waals surface area contributed by atoms with Gasteiger partial charge in [0.15, 0.2) is 6.29 Å². The van der Waals surface area contributed by atoms with Crippen LogP contribution in [0.3, 0.4) is 0 Å². The van der Waals surface area contributed by atoms with Crippen molar-refractivity contribution in [2.75, 3.05) is 6.61 Å². The van der Waals surface area contributed by atoms with Gasteiger partial charge in [0.25, 0.3) is 0 Å². The topological polar surface area (TPSA) is 163 Å². The summed E-state index contributed by atoms with van der Waals surface area (Å²) < 4.78 is 44.7. The first kappa shape index (κ1) is 14.6. The lowest BCUT2D eigenvalue weighted by atomic mass is 9.97. The first-order valence-electron chi connectivity index (χ1n) is 5.76. The van der Waals surface area contributed by atoms with Gasteiger partial charge in [-0.3, -0.25) is 9.35 Å². The predicted molar refractivity (Wildman–Crippen MR) is 58.0 cm³/mol. The van der Waals surface area contributed by atoms with Crippen LogP contribution in [-0.4, -0.2) is 71.4 Å². The summed E-state index contributed by atoms with van der Waals surface area (Å²) >= 11 is 0. The van der Waals surface area contributed by atoms with E-state index >= 15 is 0 Å². The molecule has 1 aliphatic heterocycles. The molecule has 1 saturated heterocycles. The molecule has 0 aromatic heterocycles. The van der Waals surface area contributed by atoms with Crippen LogP contribution in [0.25, 0.3) is 0 Å². The molecule has 112 valence electrons. The molecule has 19 heavy (non-hydrogen) atoms. The highest BCUT2D eigenvalue weighted by molar-refractivity contribution is 7.80. The smallest absolute Gasteiger partial charge is 0.388 e. The average molecular weight is 302 g/mol. The second kappa shape index (κ2) is 6.09. The number of hydrogen-bond donors (Lipinski definition) is 5. The number of carbonyl (C=O) groups excluding carboxylic acids is 1. The van der Waals surface area contributed by atoms with Crippen LogP contribution in [-0.2, 0) is 24.1 Å². The molecule has 0 radical (unpaired) electrons. The minimum Gasteiger partial charge on any atom is -0.388 e. The fourth-order valence-electron chi connectivity index (χ4n) is 1.58. The van der Waals surface area contributed by atoms with Gasteiger partial charge in [-0.1, -0.05) is 0 Å². The monoisotopic (exact) mass is 302 g/mol. The van der Waals surface area contributed by atoms with Crippen LogP contribution in [0.5, 0.6) is 0 Å². The molecule has 1 aliphatic rings. The van der Waals surface area contributed by atoms with E-state index in [2.05, 4.69) is 9.50 Å². The minimum absolute atomic E-state index is 0.651. The van der Waals surface area contributed by atoms with E-state index in [0.717, 1.165) is 0 Å². The van der Waals surface area contributed by atoms with Crippen molar-refractivity contribution < 1.29 is 43.4 Å². The van der Waals surface area contributed by atoms with E-state index in [-0.39, 0.29) is 0 Å². The summed E-state index contributed by atoms with van der Waals surface area (Å²) in [4.78, 5) is 11.0. The third kappa shape index (κ3) is 4.65. The number of aliphatic hydroxyl groups excluding tert-OH is 3. The number of carbonyl (C=O) groups is 1. The number of nitrogens with one attached hydrogen (secondary N) is 1. The summed E-state index contributed by atoms with van der Waals surface area (Å²) in [7, 11) is -4.77. The maximum Gasteiger partial charge on any atom is 0.397 e. The summed E-state index contributed by atoms with van der Waals surface area (Å²) in [5.41, 5.74) is 0. The molecule has 0 aliphatic carbocycles. The molecule has 5 atom stereocenters. The van der Waals surface area contributed by atoms with Crippen LogP contribution >= 0.6 is 0 Å². The lowest BCUT2D eigenvalue weighted by Gasteiger charge is -2.40. The summed E-state index contributed by atoms with van der Waals surface area (Å²) in [6.07, 6.45) is -6.55. The van der Waals surface area contributed by atoms with Crippen LogP contribution in [0.2, 0.25) is 0 Å². The molecule has 1 fully saturated rings. The van der Waals surface area contributed by atoms with E-state index in [1.807, 2.05) is 0 Å². The standard InChI is InChI=1S/C8H15NO9S/c1-3(10)9-5-7(12)6(11)4(18-8(5)13)2-17-19(14,15)16/h4-8,11-13H,2H2,1H3,(H,9,10)(H,14,15,16)/t4-,5-,6+,7-,8?/m1/s1/i1D. The number of aliphatic hydroxyl groups is 3. The van der Waals surface area contributed by atoms with Crippen LogP contribution in [0, 0.1) is 0 Å². The molecule has 11 heteroatoms. The van der Waals surface area contributed by atoms with Crippen molar-refractivity contribution in [3.8, 4) is 0 Å². The molecule has 1 unspecified atom stereocenters. The van der Waals surface area contributed by atoms with Crippen LogP contribution in [0.4, 0.5) is 0 Å². The second-order valence-electron chi connectivity index (χ2n) is 3.85. The number of amides is 1. The Balaban J connectivity index is 2.68. The van der Waals surface area contributed by atoms with Crippen molar-refractivity contribution in [2.24, 2.45) is 0 Å². The zero-order valence-corrected chi connectivity index (χ0v) is 10.4. The van der Waals surface area contributed by atoms with E-state index in [0.29, 0.717) is 0 Å². The number of rotatable bonds is 4. The Kier molecular flexibility index (Phi) is 4.67. The van der Waals surface area contributed by atoms with E-state index in [1.165, 1.54) is 0 Å². The van der Waals surface area contributed by atoms with Gasteiger partial charge in [0, 0.05) is 8.27 Å². The van der Waals surface area contributed by atoms with E-state index < -0.39 is 60.5 Å². The van der Waals surface area contributed by atoms with Crippen molar-refractivity contribution in [1.29, 1.82) is 0 Å². The SMILES string of the molecule is [2H]CC(=O)N[C@H]1C(O)O[C@H](COS(=O)(=O)O)[C@H](O)[C@@H]1O. The Labute approximate surface area is 110 Å². The van der Waals surface area contributed by atoms with Gasteiger partial charge in [-0.25, -0.2) is 4.18 Å². The number of ether oxygens (including phenoxy) is 1. The van der Waals surface area contributed by atoms with Crippen LogP contribution < -0.4 is 5.32 Å². The molecule has 1 amide bonds. The Morgan fingerprint density at radius 2 is 2.05 bits per heavy atom. The third-order valence-corrected chi connectivity index (χ3v) is 2.86. The summed E-state index contributed by atoms with van der Waals surface area (Å²) in [5.74, 6) is -0.809. The van der Waals surface area contributed by atoms with Gasteiger partial charge in [0.05, 0.1) is 6.61 Å². The maximum absolute atomic E-state index is 11.0. The highest BCUT2D eigenvalue weighted by Crippen LogP contribution is 2.20. The third-order valence-electron chi connectivity index (χ3n) is 2.43. The Bertz CT molecular complexity index is 443. The molecule has 10 nitrogen and oxygen atoms in total. The molecule has 0 aromatic rings. The van der Waals surface area contributed by atoms with Crippen molar-refractivity contribution in [2.45, 2.75) is 37.5 Å². The fraction of sp³-hybridized carbons (Fsp3) is 0.875.